The Morgan fingerprint density at radius 3 is 2.80 bits per heavy atom. The van der Waals surface area contributed by atoms with Crippen molar-refractivity contribution in [2.24, 2.45) is 5.92 Å². The molecule has 0 amide bonds. The van der Waals surface area contributed by atoms with Crippen LogP contribution < -0.4 is 5.32 Å². The van der Waals surface area contributed by atoms with Crippen LogP contribution >= 0.6 is 12.4 Å². The molecule has 0 bridgehead atoms. The van der Waals surface area contributed by atoms with Gasteiger partial charge in [0.2, 0.25) is 10.0 Å². The molecule has 2 aliphatic rings. The molecule has 1 aliphatic carbocycles. The molecular weight excluding hydrogens is 365 g/mol. The fourth-order valence-corrected chi connectivity index (χ4v) is 5.51. The molecule has 1 atom stereocenters. The Morgan fingerprint density at radius 1 is 1.24 bits per heavy atom. The summed E-state index contributed by atoms with van der Waals surface area (Å²) in [5.41, 5.74) is 0. The van der Waals surface area contributed by atoms with Crippen LogP contribution in [-0.4, -0.2) is 43.4 Å². The van der Waals surface area contributed by atoms with E-state index in [2.05, 4.69) is 10.3 Å². The number of fused-ring (bicyclic) bond motifs is 1. The lowest BCUT2D eigenvalue weighted by Gasteiger charge is -2.29. The van der Waals surface area contributed by atoms with E-state index in [1.54, 1.807) is 16.4 Å². The lowest BCUT2D eigenvalue weighted by molar-refractivity contribution is 0.306. The normalized spacial score (nSPS) is 22.4. The van der Waals surface area contributed by atoms with Gasteiger partial charge in [-0.2, -0.15) is 4.31 Å². The molecule has 2 heterocycles. The van der Waals surface area contributed by atoms with Gasteiger partial charge in [0.15, 0.2) is 5.82 Å². The molecule has 136 valence electrons. The number of hydrogen-bond acceptors (Lipinski definition) is 4. The van der Waals surface area contributed by atoms with Crippen molar-refractivity contribution in [3.05, 3.63) is 36.4 Å². The lowest BCUT2D eigenvalue weighted by atomic mass is 10.2. The molecule has 1 saturated heterocycles. The second kappa shape index (κ2) is 7.15. The smallest absolute Gasteiger partial charge is 0.244 e. The topological polar surface area (TPSA) is 62.3 Å². The fourth-order valence-electron chi connectivity index (χ4n) is 3.56. The third-order valence-electron chi connectivity index (χ3n) is 4.91. The minimum Gasteiger partial charge on any atom is -0.315 e. The van der Waals surface area contributed by atoms with Gasteiger partial charge in [0.25, 0.3) is 0 Å². The maximum Gasteiger partial charge on any atom is 0.244 e. The van der Waals surface area contributed by atoms with Crippen molar-refractivity contribution in [1.82, 2.24) is 14.6 Å². The number of hydrogen-bond donors (Lipinski definition) is 1. The number of nitrogens with one attached hydrogen (secondary N) is 1. The summed E-state index contributed by atoms with van der Waals surface area (Å²) >= 11 is 0. The zero-order valence-corrected chi connectivity index (χ0v) is 15.3. The van der Waals surface area contributed by atoms with Crippen molar-refractivity contribution in [2.45, 2.75) is 30.2 Å². The maximum atomic E-state index is 14.3. The largest absolute Gasteiger partial charge is 0.315 e. The van der Waals surface area contributed by atoms with E-state index in [4.69, 9.17) is 0 Å². The second-order valence-electron chi connectivity index (χ2n) is 6.55. The summed E-state index contributed by atoms with van der Waals surface area (Å²) in [6.45, 7) is 1.95. The molecular formula is C17H21ClFN3O2S. The van der Waals surface area contributed by atoms with E-state index < -0.39 is 15.8 Å². The Morgan fingerprint density at radius 2 is 2.04 bits per heavy atom. The number of aromatic nitrogens is 1. The van der Waals surface area contributed by atoms with Gasteiger partial charge in [-0.05, 0) is 37.8 Å². The van der Waals surface area contributed by atoms with Gasteiger partial charge in [-0.1, -0.05) is 12.1 Å². The molecule has 8 heteroatoms. The molecule has 1 aromatic heterocycles. The number of pyridine rings is 1. The SMILES string of the molecule is Cl.O=S(=O)(c1cccc2cncc(F)c12)N1CCCNCC1C1CC1. The van der Waals surface area contributed by atoms with Gasteiger partial charge >= 0.3 is 0 Å². The van der Waals surface area contributed by atoms with Gasteiger partial charge in [0.05, 0.1) is 11.1 Å². The highest BCUT2D eigenvalue weighted by molar-refractivity contribution is 7.89. The number of rotatable bonds is 3. The summed E-state index contributed by atoms with van der Waals surface area (Å²) in [6, 6.07) is 4.80. The highest BCUT2D eigenvalue weighted by atomic mass is 35.5. The molecule has 2 fully saturated rings. The summed E-state index contributed by atoms with van der Waals surface area (Å²) in [5.74, 6) is -0.186. The molecule has 0 radical (unpaired) electrons. The number of nitrogens with zero attached hydrogens (tertiary/aromatic N) is 2. The van der Waals surface area contributed by atoms with Crippen molar-refractivity contribution in [3.8, 4) is 0 Å². The van der Waals surface area contributed by atoms with Crippen molar-refractivity contribution in [1.29, 1.82) is 0 Å². The van der Waals surface area contributed by atoms with Crippen LogP contribution in [0.15, 0.2) is 35.5 Å². The van der Waals surface area contributed by atoms with Crippen molar-refractivity contribution < 1.29 is 12.8 Å². The van der Waals surface area contributed by atoms with Crippen LogP contribution in [0.3, 0.4) is 0 Å². The molecule has 25 heavy (non-hydrogen) atoms. The van der Waals surface area contributed by atoms with Crippen LogP contribution in [0.25, 0.3) is 10.8 Å². The fraction of sp³-hybridized carbons (Fsp3) is 0.471. The predicted octanol–water partition coefficient (Wildman–Crippen LogP) is 2.56. The molecule has 1 saturated carbocycles. The van der Waals surface area contributed by atoms with Gasteiger partial charge in [-0.25, -0.2) is 12.8 Å². The number of halogens is 2. The summed E-state index contributed by atoms with van der Waals surface area (Å²) in [6.07, 6.45) is 5.46. The zero-order valence-electron chi connectivity index (χ0n) is 13.7. The number of sulfonamides is 1. The van der Waals surface area contributed by atoms with Gasteiger partial charge in [0, 0.05) is 36.1 Å². The van der Waals surface area contributed by atoms with Gasteiger partial charge in [-0.15, -0.1) is 12.4 Å². The van der Waals surface area contributed by atoms with E-state index in [0.29, 0.717) is 24.4 Å². The first-order chi connectivity index (χ1) is 11.6. The summed E-state index contributed by atoms with van der Waals surface area (Å²) < 4.78 is 42.7. The van der Waals surface area contributed by atoms with Crippen LogP contribution in [0.2, 0.25) is 0 Å². The lowest BCUT2D eigenvalue weighted by Crippen LogP contribution is -2.45. The van der Waals surface area contributed by atoms with E-state index in [1.165, 1.54) is 12.3 Å². The molecule has 1 N–H and O–H groups in total. The van der Waals surface area contributed by atoms with Crippen molar-refractivity contribution in [2.75, 3.05) is 19.6 Å². The highest BCUT2D eigenvalue weighted by Crippen LogP contribution is 2.38. The Labute approximate surface area is 153 Å². The third-order valence-corrected chi connectivity index (χ3v) is 6.87. The first-order valence-electron chi connectivity index (χ1n) is 8.34. The summed E-state index contributed by atoms with van der Waals surface area (Å²) in [4.78, 5) is 3.87. The van der Waals surface area contributed by atoms with E-state index in [1.807, 2.05) is 0 Å². The molecule has 2 aromatic rings. The Balaban J connectivity index is 0.00000182. The van der Waals surface area contributed by atoms with Gasteiger partial charge in [-0.3, -0.25) is 4.98 Å². The molecule has 5 nitrogen and oxygen atoms in total. The first kappa shape index (κ1) is 18.5. The van der Waals surface area contributed by atoms with Crippen molar-refractivity contribution in [3.63, 3.8) is 0 Å². The van der Waals surface area contributed by atoms with Gasteiger partial charge in [0.1, 0.15) is 0 Å². The van der Waals surface area contributed by atoms with E-state index in [9.17, 15) is 12.8 Å². The maximum absolute atomic E-state index is 14.3. The monoisotopic (exact) mass is 385 g/mol. The van der Waals surface area contributed by atoms with Crippen LogP contribution in [0.4, 0.5) is 4.39 Å². The standard InChI is InChI=1S/C17H20FN3O2S.ClH/c18-14-10-20-9-13-3-1-4-16(17(13)14)24(22,23)21-8-2-7-19-11-15(21)12-5-6-12;/h1,3-4,9-10,12,15,19H,2,5-8,11H2;1H. The Bertz CT molecular complexity index is 868. The molecule has 1 aromatic carbocycles. The molecule has 4 rings (SSSR count). The molecule has 1 aliphatic heterocycles. The van der Waals surface area contributed by atoms with E-state index in [-0.39, 0.29) is 28.7 Å². The number of benzene rings is 1. The van der Waals surface area contributed by atoms with Crippen LogP contribution in [0.1, 0.15) is 19.3 Å². The average molecular weight is 386 g/mol. The Hall–Kier alpha value is -1.28. The van der Waals surface area contributed by atoms with Crippen molar-refractivity contribution >= 4 is 33.2 Å². The average Bonchev–Trinajstić information content (AvgIpc) is 3.40. The van der Waals surface area contributed by atoms with Crippen LogP contribution in [0.5, 0.6) is 0 Å². The first-order valence-corrected chi connectivity index (χ1v) is 9.78. The second-order valence-corrected chi connectivity index (χ2v) is 8.41. The van der Waals surface area contributed by atoms with Crippen LogP contribution in [0, 0.1) is 11.7 Å². The molecule has 1 unspecified atom stereocenters. The zero-order chi connectivity index (χ0) is 16.7. The minimum atomic E-state index is -3.76. The highest BCUT2D eigenvalue weighted by Gasteiger charge is 2.41. The third kappa shape index (κ3) is 3.38. The van der Waals surface area contributed by atoms with E-state index >= 15 is 0 Å². The quantitative estimate of drug-likeness (QED) is 0.882. The van der Waals surface area contributed by atoms with E-state index in [0.717, 1.165) is 32.0 Å². The minimum absolute atomic E-state index is 0. The van der Waals surface area contributed by atoms with Crippen LogP contribution in [-0.2, 0) is 10.0 Å². The summed E-state index contributed by atoms with van der Waals surface area (Å²) in [5, 5.41) is 3.98. The molecule has 0 spiro atoms. The summed E-state index contributed by atoms with van der Waals surface area (Å²) in [7, 11) is -3.76. The van der Waals surface area contributed by atoms with Gasteiger partial charge < -0.3 is 5.32 Å². The predicted molar refractivity (Wildman–Crippen MR) is 96.8 cm³/mol. The Kier molecular flexibility index (Phi) is 5.29.